The van der Waals surface area contributed by atoms with Gasteiger partial charge in [-0.3, -0.25) is 9.59 Å². The number of ether oxygens (including phenoxy) is 1. The zero-order valence-corrected chi connectivity index (χ0v) is 22.5. The van der Waals surface area contributed by atoms with Crippen molar-refractivity contribution in [3.05, 3.63) is 53.6 Å². The Balaban J connectivity index is 1.57. The normalized spacial score (nSPS) is 20.0. The van der Waals surface area contributed by atoms with Crippen LogP contribution >= 0.6 is 0 Å². The summed E-state index contributed by atoms with van der Waals surface area (Å²) in [6.07, 6.45) is -3.54. The van der Waals surface area contributed by atoms with Gasteiger partial charge in [-0.1, -0.05) is 13.0 Å². The monoisotopic (exact) mass is 562 g/mol. The number of hydrogen-bond donors (Lipinski definition) is 3. The SMILES string of the molecule is C[C@@H]1CN([C@H](C)CO)C(=O)c2cccc(NC(=O)C3CC3)c2O[C@H]1CN(C)C(=O)Nc1ccc(C(F)(F)F)cc1. The van der Waals surface area contributed by atoms with E-state index in [4.69, 9.17) is 4.74 Å². The predicted octanol–water partition coefficient (Wildman–Crippen LogP) is 4.44. The van der Waals surface area contributed by atoms with Crippen molar-refractivity contribution < 1.29 is 37.4 Å². The number of para-hydroxylation sites is 1. The van der Waals surface area contributed by atoms with Gasteiger partial charge >= 0.3 is 12.2 Å². The van der Waals surface area contributed by atoms with Crippen LogP contribution in [0, 0.1) is 11.8 Å². The number of nitrogens with zero attached hydrogens (tertiary/aromatic N) is 2. The number of alkyl halides is 3. The van der Waals surface area contributed by atoms with Gasteiger partial charge in [0.05, 0.1) is 36.0 Å². The highest BCUT2D eigenvalue weighted by Gasteiger charge is 2.36. The maximum absolute atomic E-state index is 13.5. The van der Waals surface area contributed by atoms with E-state index in [0.717, 1.165) is 25.0 Å². The van der Waals surface area contributed by atoms with E-state index in [1.54, 1.807) is 30.0 Å². The third kappa shape index (κ3) is 6.67. The molecule has 1 aliphatic carbocycles. The summed E-state index contributed by atoms with van der Waals surface area (Å²) in [5.41, 5.74) is -0.0616. The van der Waals surface area contributed by atoms with Crippen LogP contribution in [0.25, 0.3) is 0 Å². The van der Waals surface area contributed by atoms with Crippen molar-refractivity contribution in [3.63, 3.8) is 0 Å². The van der Waals surface area contributed by atoms with Crippen LogP contribution in [-0.2, 0) is 11.0 Å². The molecule has 0 unspecified atom stereocenters. The molecule has 1 heterocycles. The first-order valence-electron chi connectivity index (χ1n) is 13.1. The summed E-state index contributed by atoms with van der Waals surface area (Å²) in [7, 11) is 1.52. The molecule has 0 aromatic heterocycles. The third-order valence-electron chi connectivity index (χ3n) is 7.16. The highest BCUT2D eigenvalue weighted by molar-refractivity contribution is 6.02. The molecule has 1 fully saturated rings. The maximum atomic E-state index is 13.5. The fraction of sp³-hybridized carbons (Fsp3) is 0.464. The number of fused-ring (bicyclic) bond motifs is 1. The summed E-state index contributed by atoms with van der Waals surface area (Å²) >= 11 is 0. The number of carbonyl (C=O) groups excluding carboxylic acids is 3. The lowest BCUT2D eigenvalue weighted by molar-refractivity contribution is -0.137. The molecule has 2 aromatic carbocycles. The lowest BCUT2D eigenvalue weighted by atomic mass is 9.99. The molecule has 0 saturated heterocycles. The molecule has 1 aliphatic heterocycles. The van der Waals surface area contributed by atoms with Crippen LogP contribution in [0.15, 0.2) is 42.5 Å². The Labute approximate surface area is 230 Å². The van der Waals surface area contributed by atoms with Crippen LogP contribution in [-0.4, -0.2) is 71.6 Å². The summed E-state index contributed by atoms with van der Waals surface area (Å²) in [6, 6.07) is 7.95. The van der Waals surface area contributed by atoms with Crippen molar-refractivity contribution in [1.29, 1.82) is 0 Å². The van der Waals surface area contributed by atoms with Gasteiger partial charge in [-0.2, -0.15) is 13.2 Å². The number of hydrogen-bond acceptors (Lipinski definition) is 5. The molecule has 216 valence electrons. The molecule has 2 aromatic rings. The number of benzene rings is 2. The van der Waals surface area contributed by atoms with Crippen LogP contribution in [0.1, 0.15) is 42.6 Å². The number of anilines is 2. The molecule has 4 amide bonds. The Hall–Kier alpha value is -3.80. The van der Waals surface area contributed by atoms with Gasteiger partial charge in [-0.05, 0) is 56.2 Å². The lowest BCUT2D eigenvalue weighted by Crippen LogP contribution is -2.50. The largest absolute Gasteiger partial charge is 0.485 e. The molecular weight excluding hydrogens is 529 g/mol. The standard InChI is InChI=1S/C28H33F3N4O5/c1-16-13-35(17(2)15-36)26(38)21-5-4-6-22(33-25(37)18-7-8-18)24(21)40-23(16)14-34(3)27(39)32-20-11-9-19(10-12-20)28(29,30)31/h4-6,9-12,16-18,23,36H,7-8,13-15H2,1-3H3,(H,32,39)(H,33,37)/t16-,17-,23+/m1/s1. The molecule has 3 N–H and O–H groups in total. The summed E-state index contributed by atoms with van der Waals surface area (Å²) in [6.45, 7) is 3.62. The molecule has 0 radical (unpaired) electrons. The second-order valence-electron chi connectivity index (χ2n) is 10.5. The van der Waals surface area contributed by atoms with Crippen molar-refractivity contribution >= 4 is 29.2 Å². The van der Waals surface area contributed by atoms with E-state index < -0.39 is 29.9 Å². The first kappa shape index (κ1) is 29.2. The number of carbonyl (C=O) groups is 3. The minimum absolute atomic E-state index is 0.0630. The summed E-state index contributed by atoms with van der Waals surface area (Å²) in [5, 5.41) is 15.3. The second kappa shape index (κ2) is 11.7. The number of aliphatic hydroxyl groups is 1. The number of urea groups is 1. The highest BCUT2D eigenvalue weighted by atomic mass is 19.4. The number of halogens is 3. The molecular formula is C28H33F3N4O5. The Morgan fingerprint density at radius 3 is 2.42 bits per heavy atom. The van der Waals surface area contributed by atoms with Crippen LogP contribution < -0.4 is 15.4 Å². The average Bonchev–Trinajstić information content (AvgIpc) is 3.76. The third-order valence-corrected chi connectivity index (χ3v) is 7.16. The van der Waals surface area contributed by atoms with Crippen molar-refractivity contribution in [2.75, 3.05) is 37.4 Å². The molecule has 9 nitrogen and oxygen atoms in total. The van der Waals surface area contributed by atoms with E-state index >= 15 is 0 Å². The predicted molar refractivity (Wildman–Crippen MR) is 142 cm³/mol. The van der Waals surface area contributed by atoms with Crippen LogP contribution in [0.5, 0.6) is 5.75 Å². The maximum Gasteiger partial charge on any atom is 0.416 e. The average molecular weight is 563 g/mol. The lowest BCUT2D eigenvalue weighted by Gasteiger charge is -2.38. The molecule has 4 rings (SSSR count). The van der Waals surface area contributed by atoms with Crippen LogP contribution in [0.2, 0.25) is 0 Å². The van der Waals surface area contributed by atoms with Crippen LogP contribution in [0.3, 0.4) is 0 Å². The zero-order valence-electron chi connectivity index (χ0n) is 22.5. The minimum Gasteiger partial charge on any atom is -0.485 e. The topological polar surface area (TPSA) is 111 Å². The van der Waals surface area contributed by atoms with Crippen molar-refractivity contribution in [3.8, 4) is 5.75 Å². The van der Waals surface area contributed by atoms with E-state index in [9.17, 15) is 32.7 Å². The molecule has 2 aliphatic rings. The van der Waals surface area contributed by atoms with Gasteiger partial charge in [-0.25, -0.2) is 4.79 Å². The van der Waals surface area contributed by atoms with E-state index in [1.165, 1.54) is 24.1 Å². The van der Waals surface area contributed by atoms with Gasteiger partial charge in [0, 0.05) is 31.1 Å². The Bertz CT molecular complexity index is 1250. The molecule has 12 heteroatoms. The second-order valence-corrected chi connectivity index (χ2v) is 10.5. The van der Waals surface area contributed by atoms with Gasteiger partial charge in [0.2, 0.25) is 5.91 Å². The first-order chi connectivity index (χ1) is 18.9. The van der Waals surface area contributed by atoms with Crippen LogP contribution in [0.4, 0.5) is 29.3 Å². The highest BCUT2D eigenvalue weighted by Crippen LogP contribution is 2.37. The summed E-state index contributed by atoms with van der Waals surface area (Å²) in [5.74, 6) is -0.715. The Morgan fingerprint density at radius 1 is 1.15 bits per heavy atom. The van der Waals surface area contributed by atoms with Gasteiger partial charge in [0.15, 0.2) is 5.75 Å². The Morgan fingerprint density at radius 2 is 1.82 bits per heavy atom. The van der Waals surface area contributed by atoms with Gasteiger partial charge in [0.25, 0.3) is 5.91 Å². The number of amides is 4. The van der Waals surface area contributed by atoms with Gasteiger partial charge in [0.1, 0.15) is 6.10 Å². The Kier molecular flexibility index (Phi) is 8.57. The minimum atomic E-state index is -4.49. The van der Waals surface area contributed by atoms with Crippen molar-refractivity contribution in [2.45, 2.75) is 45.0 Å². The molecule has 40 heavy (non-hydrogen) atoms. The quantitative estimate of drug-likeness (QED) is 0.462. The fourth-order valence-electron chi connectivity index (χ4n) is 4.45. The molecule has 0 spiro atoms. The van der Waals surface area contributed by atoms with Gasteiger partial charge < -0.3 is 30.3 Å². The zero-order chi connectivity index (χ0) is 29.2. The van der Waals surface area contributed by atoms with Crippen molar-refractivity contribution in [1.82, 2.24) is 9.80 Å². The summed E-state index contributed by atoms with van der Waals surface area (Å²) in [4.78, 5) is 41.9. The molecule has 1 saturated carbocycles. The summed E-state index contributed by atoms with van der Waals surface area (Å²) < 4.78 is 45.0. The van der Waals surface area contributed by atoms with Gasteiger partial charge in [-0.15, -0.1) is 0 Å². The van der Waals surface area contributed by atoms with E-state index in [0.29, 0.717) is 5.69 Å². The number of aliphatic hydroxyl groups excluding tert-OH is 1. The van der Waals surface area contributed by atoms with E-state index in [-0.39, 0.29) is 60.3 Å². The fourth-order valence-corrected chi connectivity index (χ4v) is 4.45. The number of rotatable bonds is 7. The van der Waals surface area contributed by atoms with Crippen molar-refractivity contribution in [2.24, 2.45) is 11.8 Å². The smallest absolute Gasteiger partial charge is 0.416 e. The first-order valence-corrected chi connectivity index (χ1v) is 13.1. The molecule has 3 atom stereocenters. The van der Waals surface area contributed by atoms with E-state index in [1.807, 2.05) is 6.92 Å². The van der Waals surface area contributed by atoms with E-state index in [2.05, 4.69) is 10.6 Å². The number of likely N-dealkylation sites (N-methyl/N-ethyl adjacent to an activating group) is 1. The molecule has 0 bridgehead atoms. The number of nitrogens with one attached hydrogen (secondary N) is 2.